The average molecular weight is 424 g/mol. The van der Waals surface area contributed by atoms with Gasteiger partial charge in [-0.15, -0.1) is 0 Å². The molecule has 0 atom stereocenters. The second-order valence-corrected chi connectivity index (χ2v) is 8.78. The van der Waals surface area contributed by atoms with Gasteiger partial charge >= 0.3 is 5.97 Å². The first kappa shape index (κ1) is 20.1. The highest BCUT2D eigenvalue weighted by atomic mass is 32.2. The first-order valence-corrected chi connectivity index (χ1v) is 11.0. The molecule has 8 heteroatoms. The summed E-state index contributed by atoms with van der Waals surface area (Å²) in [5, 5.41) is 4.61. The van der Waals surface area contributed by atoms with Gasteiger partial charge in [0.2, 0.25) is 10.0 Å². The maximum Gasteiger partial charge on any atom is 0.338 e. The van der Waals surface area contributed by atoms with Crippen molar-refractivity contribution in [3.8, 4) is 0 Å². The maximum atomic E-state index is 12.2. The third-order valence-corrected chi connectivity index (χ3v) is 6.23. The zero-order chi connectivity index (χ0) is 21.1. The van der Waals surface area contributed by atoms with E-state index in [2.05, 4.69) is 10.0 Å². The van der Waals surface area contributed by atoms with E-state index in [0.29, 0.717) is 5.69 Å². The van der Waals surface area contributed by atoms with Crippen LogP contribution in [-0.4, -0.2) is 32.9 Å². The number of hydrogen-bond acceptors (Lipinski definition) is 5. The Hall–Kier alpha value is -3.23. The van der Waals surface area contributed by atoms with Crippen molar-refractivity contribution in [1.29, 1.82) is 0 Å². The van der Waals surface area contributed by atoms with Crippen molar-refractivity contribution >= 4 is 38.4 Å². The van der Waals surface area contributed by atoms with E-state index in [1.807, 2.05) is 36.4 Å². The number of benzene rings is 3. The molecule has 2 N–H and O–H groups in total. The Balaban J connectivity index is 1.35. The fourth-order valence-electron chi connectivity index (χ4n) is 2.99. The Bertz CT molecular complexity index is 1200. The van der Waals surface area contributed by atoms with E-state index in [1.54, 1.807) is 6.07 Å². The summed E-state index contributed by atoms with van der Waals surface area (Å²) in [5.41, 5.74) is 0.796. The van der Waals surface area contributed by atoms with Crippen molar-refractivity contribution < 1.29 is 22.7 Å². The number of fused-ring (bicyclic) bond motifs is 1. The zero-order valence-corrected chi connectivity index (χ0v) is 16.8. The summed E-state index contributed by atoms with van der Waals surface area (Å²) in [6.45, 7) is -0.453. The van der Waals surface area contributed by atoms with Gasteiger partial charge in [0.05, 0.1) is 10.5 Å². The lowest BCUT2D eigenvalue weighted by Gasteiger charge is -2.10. The summed E-state index contributed by atoms with van der Waals surface area (Å²) in [4.78, 5) is 24.5. The van der Waals surface area contributed by atoms with Crippen LogP contribution >= 0.6 is 0 Å². The summed E-state index contributed by atoms with van der Waals surface area (Å²) < 4.78 is 32.0. The number of anilines is 1. The van der Waals surface area contributed by atoms with Crippen LogP contribution in [0.5, 0.6) is 0 Å². The highest BCUT2D eigenvalue weighted by molar-refractivity contribution is 7.89. The topological polar surface area (TPSA) is 102 Å². The second-order valence-electron chi connectivity index (χ2n) is 7.07. The predicted molar refractivity (Wildman–Crippen MR) is 113 cm³/mol. The van der Waals surface area contributed by atoms with Gasteiger partial charge in [0.25, 0.3) is 5.91 Å². The minimum atomic E-state index is -3.58. The molecule has 30 heavy (non-hydrogen) atoms. The molecule has 1 saturated carbocycles. The summed E-state index contributed by atoms with van der Waals surface area (Å²) in [6, 6.07) is 18.6. The number of carbonyl (C=O) groups is 2. The second kappa shape index (κ2) is 8.25. The maximum absolute atomic E-state index is 12.2. The Labute approximate surface area is 174 Å². The predicted octanol–water partition coefficient (Wildman–Crippen LogP) is 3.08. The number of carbonyl (C=O) groups excluding carboxylic acids is 2. The molecular formula is C22H20N2O5S. The van der Waals surface area contributed by atoms with Crippen LogP contribution in [0.1, 0.15) is 23.2 Å². The van der Waals surface area contributed by atoms with Gasteiger partial charge in [0, 0.05) is 17.1 Å². The van der Waals surface area contributed by atoms with Gasteiger partial charge < -0.3 is 10.1 Å². The molecule has 3 aromatic carbocycles. The molecule has 0 aliphatic heterocycles. The number of amides is 1. The fraction of sp³-hybridized carbons (Fsp3) is 0.182. The fourth-order valence-corrected chi connectivity index (χ4v) is 4.30. The third-order valence-electron chi connectivity index (χ3n) is 4.70. The van der Waals surface area contributed by atoms with E-state index in [4.69, 9.17) is 4.74 Å². The molecule has 0 aromatic heterocycles. The highest BCUT2D eigenvalue weighted by Gasteiger charge is 2.28. The summed E-state index contributed by atoms with van der Waals surface area (Å²) >= 11 is 0. The summed E-state index contributed by atoms with van der Waals surface area (Å²) in [6.07, 6.45) is 1.68. The minimum Gasteiger partial charge on any atom is -0.452 e. The molecule has 1 amide bonds. The Morgan fingerprint density at radius 1 is 0.933 bits per heavy atom. The van der Waals surface area contributed by atoms with Gasteiger partial charge in [0.1, 0.15) is 0 Å². The van der Waals surface area contributed by atoms with E-state index >= 15 is 0 Å². The summed E-state index contributed by atoms with van der Waals surface area (Å²) in [7, 11) is -3.58. The first-order valence-electron chi connectivity index (χ1n) is 9.49. The summed E-state index contributed by atoms with van der Waals surface area (Å²) in [5.74, 6) is -1.17. The molecule has 1 aliphatic carbocycles. The lowest BCUT2D eigenvalue weighted by atomic mass is 10.1. The molecule has 0 unspecified atom stereocenters. The lowest BCUT2D eigenvalue weighted by Crippen LogP contribution is -2.25. The Morgan fingerprint density at radius 3 is 2.37 bits per heavy atom. The monoisotopic (exact) mass is 424 g/mol. The molecule has 7 nitrogen and oxygen atoms in total. The first-order chi connectivity index (χ1) is 14.4. The van der Waals surface area contributed by atoms with Gasteiger partial charge in [-0.3, -0.25) is 4.79 Å². The van der Waals surface area contributed by atoms with Crippen LogP contribution in [0.2, 0.25) is 0 Å². The van der Waals surface area contributed by atoms with E-state index < -0.39 is 28.5 Å². The number of sulfonamides is 1. The van der Waals surface area contributed by atoms with Crippen molar-refractivity contribution in [3.63, 3.8) is 0 Å². The van der Waals surface area contributed by atoms with E-state index in [1.165, 1.54) is 24.3 Å². The highest BCUT2D eigenvalue weighted by Crippen LogP contribution is 2.23. The van der Waals surface area contributed by atoms with E-state index in [-0.39, 0.29) is 16.5 Å². The van der Waals surface area contributed by atoms with Crippen molar-refractivity contribution in [3.05, 3.63) is 72.3 Å². The number of ether oxygens (including phenoxy) is 1. The molecule has 3 aromatic rings. The van der Waals surface area contributed by atoms with Crippen LogP contribution < -0.4 is 10.0 Å². The molecule has 0 spiro atoms. The number of rotatable bonds is 7. The molecule has 1 fully saturated rings. The molecule has 0 saturated heterocycles. The molecule has 0 bridgehead atoms. The molecule has 4 rings (SSSR count). The van der Waals surface area contributed by atoms with Crippen LogP contribution in [0.4, 0.5) is 5.69 Å². The van der Waals surface area contributed by atoms with E-state index in [0.717, 1.165) is 23.6 Å². The van der Waals surface area contributed by atoms with Crippen molar-refractivity contribution in [1.82, 2.24) is 4.72 Å². The quantitative estimate of drug-likeness (QED) is 0.568. The van der Waals surface area contributed by atoms with Gasteiger partial charge in [-0.1, -0.05) is 36.4 Å². The molecular weight excluding hydrogens is 404 g/mol. The molecule has 0 radical (unpaired) electrons. The third kappa shape index (κ3) is 4.67. The zero-order valence-electron chi connectivity index (χ0n) is 16.0. The van der Waals surface area contributed by atoms with Gasteiger partial charge in [-0.25, -0.2) is 17.9 Å². The van der Waals surface area contributed by atoms with Crippen LogP contribution in [0.25, 0.3) is 10.8 Å². The van der Waals surface area contributed by atoms with Crippen LogP contribution in [0.3, 0.4) is 0 Å². The smallest absolute Gasteiger partial charge is 0.338 e. The van der Waals surface area contributed by atoms with Crippen LogP contribution in [0.15, 0.2) is 71.6 Å². The lowest BCUT2D eigenvalue weighted by molar-refractivity contribution is -0.119. The number of nitrogens with one attached hydrogen (secondary N) is 2. The van der Waals surface area contributed by atoms with Crippen LogP contribution in [-0.2, 0) is 19.6 Å². The number of hydrogen-bond donors (Lipinski definition) is 2. The van der Waals surface area contributed by atoms with Gasteiger partial charge in [-0.05, 0) is 48.6 Å². The van der Waals surface area contributed by atoms with E-state index in [9.17, 15) is 18.0 Å². The van der Waals surface area contributed by atoms with Crippen molar-refractivity contribution in [2.75, 3.05) is 11.9 Å². The Morgan fingerprint density at radius 2 is 1.63 bits per heavy atom. The van der Waals surface area contributed by atoms with Crippen molar-refractivity contribution in [2.24, 2.45) is 0 Å². The van der Waals surface area contributed by atoms with Gasteiger partial charge in [-0.2, -0.15) is 0 Å². The molecule has 0 heterocycles. The number of esters is 1. The molecule has 154 valence electrons. The Kier molecular flexibility index (Phi) is 5.52. The SMILES string of the molecule is O=C(COC(=O)c1ccc(S(=O)(=O)NC2CC2)cc1)Nc1cccc2ccccc12. The molecule has 1 aliphatic rings. The standard InChI is InChI=1S/C22H20N2O5S/c25-21(23-20-7-3-5-15-4-1-2-6-19(15)20)14-29-22(26)16-8-12-18(13-9-16)30(27,28)24-17-10-11-17/h1-9,12-13,17,24H,10-11,14H2,(H,23,25). The normalized spacial score (nSPS) is 13.7. The van der Waals surface area contributed by atoms with Crippen LogP contribution in [0, 0.1) is 0 Å². The average Bonchev–Trinajstić information content (AvgIpc) is 3.56. The van der Waals surface area contributed by atoms with Gasteiger partial charge in [0.15, 0.2) is 6.61 Å². The van der Waals surface area contributed by atoms with Crippen molar-refractivity contribution in [2.45, 2.75) is 23.8 Å². The minimum absolute atomic E-state index is 0.000103. The largest absolute Gasteiger partial charge is 0.452 e.